The van der Waals surface area contributed by atoms with Crippen molar-refractivity contribution >= 4 is 0 Å². The Morgan fingerprint density at radius 1 is 1.06 bits per heavy atom. The number of halogens is 6. The van der Waals surface area contributed by atoms with Gasteiger partial charge < -0.3 is 10.1 Å². The van der Waals surface area contributed by atoms with Gasteiger partial charge in [0, 0.05) is 6.54 Å². The maximum Gasteiger partial charge on any atom is 0.423 e. The normalized spacial score (nSPS) is 15.2. The van der Waals surface area contributed by atoms with E-state index in [1.165, 1.54) is 6.92 Å². The highest BCUT2D eigenvalue weighted by atomic mass is 19.4. The minimum Gasteiger partial charge on any atom is -0.357 e. The van der Waals surface area contributed by atoms with Gasteiger partial charge in [-0.2, -0.15) is 26.3 Å². The Bertz CT molecular complexity index is 213. The summed E-state index contributed by atoms with van der Waals surface area (Å²) >= 11 is 0. The largest absolute Gasteiger partial charge is 0.423 e. The van der Waals surface area contributed by atoms with Gasteiger partial charge >= 0.3 is 12.4 Å². The standard InChI is InChI=1S/C10H17F6NO/c1-3-4-5-17-6-7(2)18-8(9(11,12)13)10(14,15)16/h7-8,17H,3-6H2,1-2H3. The van der Waals surface area contributed by atoms with Crippen LogP contribution in [0.2, 0.25) is 0 Å². The van der Waals surface area contributed by atoms with Crippen LogP contribution < -0.4 is 5.32 Å². The lowest BCUT2D eigenvalue weighted by molar-refractivity contribution is -0.329. The van der Waals surface area contributed by atoms with Crippen molar-refractivity contribution in [3.63, 3.8) is 0 Å². The molecule has 0 amide bonds. The van der Waals surface area contributed by atoms with Crippen molar-refractivity contribution < 1.29 is 31.1 Å². The van der Waals surface area contributed by atoms with Crippen LogP contribution in [0.15, 0.2) is 0 Å². The van der Waals surface area contributed by atoms with Crippen LogP contribution in [-0.2, 0) is 4.74 Å². The molecule has 0 aromatic heterocycles. The Morgan fingerprint density at radius 2 is 1.56 bits per heavy atom. The molecule has 110 valence electrons. The van der Waals surface area contributed by atoms with Crippen molar-refractivity contribution in [2.75, 3.05) is 13.1 Å². The number of hydrogen-bond donors (Lipinski definition) is 1. The third-order valence-corrected chi connectivity index (χ3v) is 2.10. The predicted octanol–water partition coefficient (Wildman–Crippen LogP) is 3.27. The van der Waals surface area contributed by atoms with Crippen molar-refractivity contribution in [2.24, 2.45) is 0 Å². The van der Waals surface area contributed by atoms with E-state index in [1.807, 2.05) is 6.92 Å². The van der Waals surface area contributed by atoms with Gasteiger partial charge in [-0.3, -0.25) is 0 Å². The Morgan fingerprint density at radius 3 is 1.94 bits per heavy atom. The molecule has 0 saturated heterocycles. The van der Waals surface area contributed by atoms with E-state index in [4.69, 9.17) is 0 Å². The van der Waals surface area contributed by atoms with Crippen LogP contribution in [0.25, 0.3) is 0 Å². The second-order valence-corrected chi connectivity index (χ2v) is 3.97. The van der Waals surface area contributed by atoms with E-state index in [9.17, 15) is 26.3 Å². The molecule has 0 fully saturated rings. The molecule has 1 N–H and O–H groups in total. The molecule has 8 heteroatoms. The lowest BCUT2D eigenvalue weighted by Gasteiger charge is -2.26. The Hall–Kier alpha value is -0.500. The molecule has 0 rings (SSSR count). The topological polar surface area (TPSA) is 21.3 Å². The second-order valence-electron chi connectivity index (χ2n) is 3.97. The van der Waals surface area contributed by atoms with Gasteiger partial charge in [0.2, 0.25) is 6.10 Å². The smallest absolute Gasteiger partial charge is 0.357 e. The number of alkyl halides is 6. The molecule has 0 aromatic rings. The van der Waals surface area contributed by atoms with Gasteiger partial charge in [0.05, 0.1) is 6.10 Å². The fourth-order valence-electron chi connectivity index (χ4n) is 1.23. The number of unbranched alkanes of at least 4 members (excludes halogenated alkanes) is 1. The number of hydrogen-bond acceptors (Lipinski definition) is 2. The second kappa shape index (κ2) is 7.18. The van der Waals surface area contributed by atoms with Crippen LogP contribution in [0.3, 0.4) is 0 Å². The van der Waals surface area contributed by atoms with Crippen LogP contribution in [0.1, 0.15) is 26.7 Å². The summed E-state index contributed by atoms with van der Waals surface area (Å²) in [4.78, 5) is 0. The highest BCUT2D eigenvalue weighted by Crippen LogP contribution is 2.36. The fraction of sp³-hybridized carbons (Fsp3) is 1.00. The monoisotopic (exact) mass is 281 g/mol. The zero-order valence-corrected chi connectivity index (χ0v) is 10.2. The minimum atomic E-state index is -5.45. The highest BCUT2D eigenvalue weighted by molar-refractivity contribution is 4.77. The van der Waals surface area contributed by atoms with Crippen molar-refractivity contribution in [3.05, 3.63) is 0 Å². The van der Waals surface area contributed by atoms with E-state index in [2.05, 4.69) is 10.1 Å². The summed E-state index contributed by atoms with van der Waals surface area (Å²) in [6.45, 7) is 3.57. The number of nitrogens with one attached hydrogen (secondary N) is 1. The molecule has 0 aromatic carbocycles. The molecule has 0 saturated carbocycles. The lowest BCUT2D eigenvalue weighted by Crippen LogP contribution is -2.47. The zero-order valence-electron chi connectivity index (χ0n) is 10.2. The fourth-order valence-corrected chi connectivity index (χ4v) is 1.23. The third-order valence-electron chi connectivity index (χ3n) is 2.10. The average molecular weight is 281 g/mol. The number of ether oxygens (including phenoxy) is 1. The van der Waals surface area contributed by atoms with Gasteiger partial charge in [-0.15, -0.1) is 0 Å². The molecular weight excluding hydrogens is 264 g/mol. The van der Waals surface area contributed by atoms with Crippen molar-refractivity contribution in [1.29, 1.82) is 0 Å². The maximum atomic E-state index is 12.2. The molecule has 0 aliphatic carbocycles. The van der Waals surface area contributed by atoms with E-state index in [-0.39, 0.29) is 6.54 Å². The van der Waals surface area contributed by atoms with Crippen LogP contribution in [0.5, 0.6) is 0 Å². The highest BCUT2D eigenvalue weighted by Gasteiger charge is 2.58. The minimum absolute atomic E-state index is 0.0529. The van der Waals surface area contributed by atoms with E-state index in [0.29, 0.717) is 6.54 Å². The summed E-state index contributed by atoms with van der Waals surface area (Å²) < 4.78 is 77.0. The first-order chi connectivity index (χ1) is 8.09. The molecule has 1 unspecified atom stereocenters. The van der Waals surface area contributed by atoms with Gasteiger partial charge in [-0.1, -0.05) is 13.3 Å². The number of rotatable bonds is 7. The molecule has 0 heterocycles. The molecule has 2 nitrogen and oxygen atoms in total. The average Bonchev–Trinajstić information content (AvgIpc) is 2.18. The van der Waals surface area contributed by atoms with E-state index >= 15 is 0 Å². The van der Waals surface area contributed by atoms with Gasteiger partial charge in [0.15, 0.2) is 0 Å². The summed E-state index contributed by atoms with van der Waals surface area (Å²) in [5.74, 6) is 0. The molecule has 18 heavy (non-hydrogen) atoms. The van der Waals surface area contributed by atoms with Gasteiger partial charge in [-0.05, 0) is 19.9 Å². The van der Waals surface area contributed by atoms with Crippen molar-refractivity contribution in [2.45, 2.75) is 51.2 Å². The molecule has 1 atom stereocenters. The summed E-state index contributed by atoms with van der Waals surface area (Å²) in [6, 6.07) is 0. The molecule has 0 spiro atoms. The Kier molecular flexibility index (Phi) is 6.98. The van der Waals surface area contributed by atoms with Crippen LogP contribution in [0, 0.1) is 0 Å². The third kappa shape index (κ3) is 7.05. The molecule has 0 bridgehead atoms. The van der Waals surface area contributed by atoms with E-state index < -0.39 is 24.6 Å². The summed E-state index contributed by atoms with van der Waals surface area (Å²) in [6.07, 6.45) is -14.1. The van der Waals surface area contributed by atoms with E-state index in [1.54, 1.807) is 0 Å². The lowest BCUT2D eigenvalue weighted by atomic mass is 10.3. The first-order valence-corrected chi connectivity index (χ1v) is 5.58. The molecule has 0 aliphatic heterocycles. The molecular formula is C10H17F6NO. The van der Waals surface area contributed by atoms with Crippen LogP contribution in [-0.4, -0.2) is 37.7 Å². The Labute approximate surface area is 102 Å². The van der Waals surface area contributed by atoms with Crippen molar-refractivity contribution in [3.8, 4) is 0 Å². The zero-order chi connectivity index (χ0) is 14.4. The quantitative estimate of drug-likeness (QED) is 0.571. The SMILES string of the molecule is CCCCNCC(C)OC(C(F)(F)F)C(F)(F)F. The summed E-state index contributed by atoms with van der Waals surface area (Å²) in [5, 5.41) is 2.73. The van der Waals surface area contributed by atoms with Crippen molar-refractivity contribution in [1.82, 2.24) is 5.32 Å². The summed E-state index contributed by atoms with van der Waals surface area (Å²) in [7, 11) is 0. The van der Waals surface area contributed by atoms with Gasteiger partial charge in [0.25, 0.3) is 0 Å². The van der Waals surface area contributed by atoms with Gasteiger partial charge in [0.1, 0.15) is 0 Å². The predicted molar refractivity (Wildman–Crippen MR) is 54.2 cm³/mol. The van der Waals surface area contributed by atoms with Crippen LogP contribution in [0.4, 0.5) is 26.3 Å². The summed E-state index contributed by atoms with van der Waals surface area (Å²) in [5.41, 5.74) is 0. The maximum absolute atomic E-state index is 12.2. The first-order valence-electron chi connectivity index (χ1n) is 5.58. The molecule has 0 aliphatic rings. The Balaban J connectivity index is 4.25. The first kappa shape index (κ1) is 17.5. The molecule has 0 radical (unpaired) electrons. The van der Waals surface area contributed by atoms with Gasteiger partial charge in [-0.25, -0.2) is 0 Å². The van der Waals surface area contributed by atoms with E-state index in [0.717, 1.165) is 12.8 Å². The van der Waals surface area contributed by atoms with Crippen LogP contribution >= 0.6 is 0 Å².